The van der Waals surface area contributed by atoms with E-state index >= 15 is 0 Å². The quantitative estimate of drug-likeness (QED) is 0.144. The van der Waals surface area contributed by atoms with Crippen molar-refractivity contribution in [2.45, 2.75) is 0 Å². The van der Waals surface area contributed by atoms with Crippen molar-refractivity contribution < 1.29 is 0 Å². The Kier molecular flexibility index (Phi) is 5.38. The highest BCUT2D eigenvalue weighted by molar-refractivity contribution is 6.20. The van der Waals surface area contributed by atoms with Gasteiger partial charge in [0.2, 0.25) is 0 Å². The minimum absolute atomic E-state index is 1.23. The molecular weight excluding hydrogens is 553 g/mol. The van der Waals surface area contributed by atoms with E-state index in [-0.39, 0.29) is 0 Å². The normalized spacial score (nSPS) is 11.9. The molecule has 0 saturated heterocycles. The van der Waals surface area contributed by atoms with Gasteiger partial charge >= 0.3 is 0 Å². The summed E-state index contributed by atoms with van der Waals surface area (Å²) in [6, 6.07) is 62.9. The molecule has 1 aliphatic carbocycles. The maximum Gasteiger partial charge on any atom is -0.00201 e. The Morgan fingerprint density at radius 2 is 0.804 bits per heavy atom. The third-order valence-corrected chi connectivity index (χ3v) is 9.98. The Morgan fingerprint density at radius 3 is 1.61 bits per heavy atom. The third kappa shape index (κ3) is 3.68. The van der Waals surface area contributed by atoms with E-state index < -0.39 is 0 Å². The Morgan fingerprint density at radius 1 is 0.217 bits per heavy atom. The van der Waals surface area contributed by atoms with Crippen molar-refractivity contribution in [1.29, 1.82) is 0 Å². The molecule has 9 aromatic carbocycles. The Balaban J connectivity index is 1.28. The lowest BCUT2D eigenvalue weighted by Crippen LogP contribution is -1.91. The predicted molar refractivity (Wildman–Crippen MR) is 197 cm³/mol. The first-order valence-corrected chi connectivity index (χ1v) is 16.0. The maximum atomic E-state index is 2.44. The summed E-state index contributed by atoms with van der Waals surface area (Å²) in [5.41, 5.74) is 12.8. The largest absolute Gasteiger partial charge is 0.0622 e. The summed E-state index contributed by atoms with van der Waals surface area (Å²) < 4.78 is 0. The van der Waals surface area contributed by atoms with E-state index in [0.29, 0.717) is 0 Å². The Labute approximate surface area is 267 Å². The molecule has 212 valence electrons. The molecule has 0 atom stereocenters. The van der Waals surface area contributed by atoms with Crippen LogP contribution in [-0.4, -0.2) is 0 Å². The van der Waals surface area contributed by atoms with E-state index in [0.717, 1.165) is 0 Å². The van der Waals surface area contributed by atoms with Crippen molar-refractivity contribution >= 4 is 43.1 Å². The summed E-state index contributed by atoms with van der Waals surface area (Å²) in [5.74, 6) is 0. The topological polar surface area (TPSA) is 0 Å². The molecule has 0 nitrogen and oxygen atoms in total. The van der Waals surface area contributed by atoms with Crippen LogP contribution in [0.4, 0.5) is 0 Å². The van der Waals surface area contributed by atoms with Gasteiger partial charge in [0, 0.05) is 0 Å². The fourth-order valence-corrected chi connectivity index (χ4v) is 7.87. The average Bonchev–Trinajstić information content (AvgIpc) is 3.46. The summed E-state index contributed by atoms with van der Waals surface area (Å²) in [7, 11) is 0. The van der Waals surface area contributed by atoms with Gasteiger partial charge in [-0.25, -0.2) is 0 Å². The average molecular weight is 581 g/mol. The zero-order chi connectivity index (χ0) is 30.2. The molecule has 0 heteroatoms. The van der Waals surface area contributed by atoms with Crippen LogP contribution in [0.3, 0.4) is 0 Å². The maximum absolute atomic E-state index is 2.44. The molecule has 0 spiro atoms. The van der Waals surface area contributed by atoms with E-state index in [1.54, 1.807) is 0 Å². The number of rotatable bonds is 3. The lowest BCUT2D eigenvalue weighted by atomic mass is 9.86. The second kappa shape index (κ2) is 9.76. The Hall–Kier alpha value is -5.98. The van der Waals surface area contributed by atoms with Gasteiger partial charge in [-0.15, -0.1) is 0 Å². The van der Waals surface area contributed by atoms with Crippen molar-refractivity contribution in [2.75, 3.05) is 0 Å². The van der Waals surface area contributed by atoms with E-state index in [1.165, 1.54) is 98.7 Å². The number of fused-ring (bicyclic) bond motifs is 7. The van der Waals surface area contributed by atoms with Crippen LogP contribution in [0.5, 0.6) is 0 Å². The molecule has 0 unspecified atom stereocenters. The van der Waals surface area contributed by atoms with E-state index in [1.807, 2.05) is 0 Å². The van der Waals surface area contributed by atoms with Crippen LogP contribution < -0.4 is 0 Å². The summed E-state index contributed by atoms with van der Waals surface area (Å²) in [6.45, 7) is 0. The van der Waals surface area contributed by atoms with Crippen LogP contribution in [0, 0.1) is 0 Å². The van der Waals surface area contributed by atoms with E-state index in [2.05, 4.69) is 170 Å². The van der Waals surface area contributed by atoms with Crippen LogP contribution in [0.15, 0.2) is 170 Å². The lowest BCUT2D eigenvalue weighted by Gasteiger charge is -2.18. The minimum atomic E-state index is 1.23. The van der Waals surface area contributed by atoms with Crippen LogP contribution >= 0.6 is 0 Å². The van der Waals surface area contributed by atoms with Crippen molar-refractivity contribution in [2.24, 2.45) is 0 Å². The molecule has 0 fully saturated rings. The van der Waals surface area contributed by atoms with Gasteiger partial charge in [-0.3, -0.25) is 0 Å². The Bertz CT molecular complexity index is 2650. The number of benzene rings is 9. The highest BCUT2D eigenvalue weighted by Gasteiger charge is 2.23. The van der Waals surface area contributed by atoms with E-state index in [9.17, 15) is 0 Å². The highest BCUT2D eigenvalue weighted by atomic mass is 14.3. The van der Waals surface area contributed by atoms with Gasteiger partial charge in [-0.1, -0.05) is 146 Å². The molecule has 0 heterocycles. The first-order valence-electron chi connectivity index (χ1n) is 16.0. The molecular formula is C46H28. The first-order chi connectivity index (χ1) is 22.8. The lowest BCUT2D eigenvalue weighted by molar-refractivity contribution is 1.59. The smallest absolute Gasteiger partial charge is 0.00201 e. The molecule has 1 aliphatic rings. The molecule has 0 radical (unpaired) electrons. The fraction of sp³-hybridized carbons (Fsp3) is 0. The summed E-state index contributed by atoms with van der Waals surface area (Å²) in [6.07, 6.45) is 0. The van der Waals surface area contributed by atoms with Gasteiger partial charge in [0.1, 0.15) is 0 Å². The zero-order valence-corrected chi connectivity index (χ0v) is 25.2. The van der Waals surface area contributed by atoms with Crippen molar-refractivity contribution in [3.8, 4) is 55.6 Å². The van der Waals surface area contributed by atoms with Crippen LogP contribution in [0.2, 0.25) is 0 Å². The molecule has 0 aliphatic heterocycles. The molecule has 0 amide bonds. The fourth-order valence-electron chi connectivity index (χ4n) is 7.87. The molecule has 0 bridgehead atoms. The first kappa shape index (κ1) is 25.4. The zero-order valence-electron chi connectivity index (χ0n) is 25.2. The van der Waals surface area contributed by atoms with Crippen LogP contribution in [-0.2, 0) is 0 Å². The van der Waals surface area contributed by atoms with Crippen molar-refractivity contribution in [3.05, 3.63) is 170 Å². The summed E-state index contributed by atoms with van der Waals surface area (Å²) in [4.78, 5) is 0. The van der Waals surface area contributed by atoms with E-state index in [4.69, 9.17) is 0 Å². The standard InChI is InChI=1S/C46H28/c1-2-11-29(12-3-1)35-22-21-33(42-27-32-15-6-7-16-34(32)44-25-30-13-4-5-14-31(30)26-45(42)44)28-43(35)38-23-24-41-37-18-9-8-17-36(37)39-19-10-20-40(38)46(39)41/h1-28H. The molecule has 9 aromatic rings. The third-order valence-electron chi connectivity index (χ3n) is 9.98. The minimum Gasteiger partial charge on any atom is -0.0622 e. The molecule has 10 rings (SSSR count). The highest BCUT2D eigenvalue weighted by Crippen LogP contribution is 2.50. The molecule has 46 heavy (non-hydrogen) atoms. The van der Waals surface area contributed by atoms with Gasteiger partial charge in [0.05, 0.1) is 0 Å². The van der Waals surface area contributed by atoms with Crippen molar-refractivity contribution in [3.63, 3.8) is 0 Å². The van der Waals surface area contributed by atoms with Gasteiger partial charge in [0.25, 0.3) is 0 Å². The molecule has 0 aromatic heterocycles. The monoisotopic (exact) mass is 580 g/mol. The van der Waals surface area contributed by atoms with Crippen LogP contribution in [0.25, 0.3) is 98.7 Å². The molecule has 0 saturated carbocycles. The summed E-state index contributed by atoms with van der Waals surface area (Å²) >= 11 is 0. The SMILES string of the molecule is c1ccc(-c2ccc(-c3cc4ccccc4c4cc5ccccc5cc34)cc2-c2ccc3c4c(cccc24)-c2ccccc2-3)cc1. The predicted octanol–water partition coefficient (Wildman–Crippen LogP) is 12.9. The van der Waals surface area contributed by atoms with Crippen molar-refractivity contribution in [1.82, 2.24) is 0 Å². The second-order valence-electron chi connectivity index (χ2n) is 12.5. The van der Waals surface area contributed by atoms with Gasteiger partial charge in [-0.05, 0) is 123 Å². The molecule has 0 N–H and O–H groups in total. The van der Waals surface area contributed by atoms with Gasteiger partial charge in [0.15, 0.2) is 0 Å². The van der Waals surface area contributed by atoms with Gasteiger partial charge < -0.3 is 0 Å². The number of hydrogen-bond acceptors (Lipinski definition) is 0. The van der Waals surface area contributed by atoms with Crippen LogP contribution in [0.1, 0.15) is 0 Å². The second-order valence-corrected chi connectivity index (χ2v) is 12.5. The van der Waals surface area contributed by atoms with Gasteiger partial charge in [-0.2, -0.15) is 0 Å². The summed E-state index contributed by atoms with van der Waals surface area (Å²) in [5, 5.41) is 10.3. The number of hydrogen-bond donors (Lipinski definition) is 0.